The quantitative estimate of drug-likeness (QED) is 0.428. The predicted octanol–water partition coefficient (Wildman–Crippen LogP) is 3.75. The Morgan fingerprint density at radius 2 is 1.91 bits per heavy atom. The van der Waals surface area contributed by atoms with E-state index in [4.69, 9.17) is 14.2 Å². The van der Waals surface area contributed by atoms with Crippen LogP contribution in [-0.2, 0) is 23.2 Å². The minimum absolute atomic E-state index is 0.0387. The summed E-state index contributed by atoms with van der Waals surface area (Å²) in [5, 5.41) is 6.66. The lowest BCUT2D eigenvalue weighted by Crippen LogP contribution is -2.12. The Balaban J connectivity index is 1.72. The van der Waals surface area contributed by atoms with E-state index in [0.29, 0.717) is 12.4 Å². The Morgan fingerprint density at radius 1 is 1.12 bits per heavy atom. The highest BCUT2D eigenvalue weighted by molar-refractivity contribution is 6.05. The van der Waals surface area contributed by atoms with Crippen molar-refractivity contribution in [3.05, 3.63) is 77.1 Å². The van der Waals surface area contributed by atoms with Gasteiger partial charge in [-0.15, -0.1) is 0 Å². The molecule has 0 saturated heterocycles. The number of ether oxygens (including phenoxy) is 3. The van der Waals surface area contributed by atoms with Crippen molar-refractivity contribution < 1.29 is 23.8 Å². The summed E-state index contributed by atoms with van der Waals surface area (Å²) >= 11 is 0. The second-order valence-electron chi connectivity index (χ2n) is 7.00. The molecule has 1 aromatic heterocycles. The third-order valence-electron chi connectivity index (χ3n) is 4.67. The number of amides is 1. The van der Waals surface area contributed by atoms with Gasteiger partial charge in [-0.1, -0.05) is 24.3 Å². The lowest BCUT2D eigenvalue weighted by molar-refractivity contribution is -0.111. The average Bonchev–Trinajstić information content (AvgIpc) is 3.16. The maximum atomic E-state index is 12.4. The lowest BCUT2D eigenvalue weighted by Gasteiger charge is -2.12. The molecule has 3 aromatic rings. The van der Waals surface area contributed by atoms with Crippen LogP contribution < -0.4 is 14.8 Å². The fourth-order valence-electron chi connectivity index (χ4n) is 3.06. The van der Waals surface area contributed by atoms with Gasteiger partial charge in [-0.25, -0.2) is 4.79 Å². The number of anilines is 1. The molecule has 1 heterocycles. The number of methoxy groups -OCH3 is 2. The summed E-state index contributed by atoms with van der Waals surface area (Å²) in [6, 6.07) is 13.3. The topological polar surface area (TPSA) is 91.7 Å². The zero-order valence-corrected chi connectivity index (χ0v) is 18.4. The fraction of sp³-hybridized carbons (Fsp3) is 0.208. The largest absolute Gasteiger partial charge is 0.496 e. The zero-order chi connectivity index (χ0) is 23.1. The molecule has 0 bridgehead atoms. The van der Waals surface area contributed by atoms with E-state index in [1.807, 2.05) is 49.4 Å². The van der Waals surface area contributed by atoms with Crippen LogP contribution in [0.5, 0.6) is 11.5 Å². The number of para-hydroxylation sites is 1. The van der Waals surface area contributed by atoms with Gasteiger partial charge in [0.2, 0.25) is 5.91 Å². The highest BCUT2D eigenvalue weighted by Gasteiger charge is 2.17. The van der Waals surface area contributed by atoms with Crippen LogP contribution in [0.1, 0.15) is 27.2 Å². The number of aromatic nitrogens is 2. The summed E-state index contributed by atoms with van der Waals surface area (Å²) < 4.78 is 17.5. The third-order valence-corrected chi connectivity index (χ3v) is 4.67. The molecule has 0 saturated carbocycles. The number of carbonyl (C=O) groups is 2. The van der Waals surface area contributed by atoms with E-state index in [-0.39, 0.29) is 11.4 Å². The Hall–Kier alpha value is -4.07. The Bertz CT molecular complexity index is 1150. The first-order valence-corrected chi connectivity index (χ1v) is 9.87. The van der Waals surface area contributed by atoms with Gasteiger partial charge < -0.3 is 19.5 Å². The van der Waals surface area contributed by atoms with E-state index < -0.39 is 11.9 Å². The fourth-order valence-corrected chi connectivity index (χ4v) is 3.06. The monoisotopic (exact) mass is 435 g/mol. The van der Waals surface area contributed by atoms with E-state index in [9.17, 15) is 9.59 Å². The SMILES string of the molecule is COC(=O)c1nn(C)cc1NC(=O)/C=C/c1ccc(OC)c(COc2ccccc2C)c1. The summed E-state index contributed by atoms with van der Waals surface area (Å²) in [6.07, 6.45) is 4.58. The molecule has 166 valence electrons. The molecule has 0 aliphatic rings. The second-order valence-corrected chi connectivity index (χ2v) is 7.00. The molecular formula is C24H25N3O5. The van der Waals surface area contributed by atoms with Gasteiger partial charge in [0.05, 0.1) is 19.9 Å². The normalized spacial score (nSPS) is 10.8. The first-order valence-electron chi connectivity index (χ1n) is 9.87. The van der Waals surface area contributed by atoms with Crippen LogP contribution in [0.3, 0.4) is 0 Å². The third kappa shape index (κ3) is 5.54. The minimum Gasteiger partial charge on any atom is -0.496 e. The van der Waals surface area contributed by atoms with Gasteiger partial charge in [-0.3, -0.25) is 9.48 Å². The minimum atomic E-state index is -0.627. The van der Waals surface area contributed by atoms with Crippen molar-refractivity contribution >= 4 is 23.6 Å². The number of hydrogen-bond acceptors (Lipinski definition) is 6. The summed E-state index contributed by atoms with van der Waals surface area (Å²) in [7, 11) is 4.50. The summed E-state index contributed by atoms with van der Waals surface area (Å²) in [5.41, 5.74) is 3.00. The van der Waals surface area contributed by atoms with Crippen molar-refractivity contribution in [2.24, 2.45) is 7.05 Å². The summed E-state index contributed by atoms with van der Waals surface area (Å²) in [6.45, 7) is 2.30. The van der Waals surface area contributed by atoms with E-state index in [1.165, 1.54) is 24.1 Å². The number of hydrogen-bond donors (Lipinski definition) is 1. The van der Waals surface area contributed by atoms with E-state index in [1.54, 1.807) is 20.2 Å². The molecule has 0 unspecified atom stereocenters. The molecule has 0 fully saturated rings. The zero-order valence-electron chi connectivity index (χ0n) is 18.4. The van der Waals surface area contributed by atoms with Crippen LogP contribution in [0.4, 0.5) is 5.69 Å². The Morgan fingerprint density at radius 3 is 2.62 bits per heavy atom. The molecule has 8 nitrogen and oxygen atoms in total. The molecular weight excluding hydrogens is 410 g/mol. The highest BCUT2D eigenvalue weighted by atomic mass is 16.5. The molecule has 8 heteroatoms. The van der Waals surface area contributed by atoms with Gasteiger partial charge in [0.15, 0.2) is 5.69 Å². The molecule has 0 aliphatic carbocycles. The number of nitrogens with zero attached hydrogens (tertiary/aromatic N) is 2. The van der Waals surface area contributed by atoms with Gasteiger partial charge >= 0.3 is 5.97 Å². The first kappa shape index (κ1) is 22.6. The smallest absolute Gasteiger partial charge is 0.360 e. The van der Waals surface area contributed by atoms with Crippen molar-refractivity contribution in [3.8, 4) is 11.5 Å². The maximum Gasteiger partial charge on any atom is 0.360 e. The van der Waals surface area contributed by atoms with Crippen LogP contribution in [0.25, 0.3) is 6.08 Å². The molecule has 0 spiro atoms. The number of nitrogens with one attached hydrogen (secondary N) is 1. The molecule has 0 aliphatic heterocycles. The number of aryl methyl sites for hydroxylation is 2. The number of benzene rings is 2. The maximum absolute atomic E-state index is 12.4. The van der Waals surface area contributed by atoms with Gasteiger partial charge in [-0.2, -0.15) is 5.10 Å². The van der Waals surface area contributed by atoms with Crippen LogP contribution >= 0.6 is 0 Å². The average molecular weight is 435 g/mol. The van der Waals surface area contributed by atoms with E-state index in [2.05, 4.69) is 10.4 Å². The van der Waals surface area contributed by atoms with Crippen LogP contribution in [0.15, 0.2) is 54.7 Å². The van der Waals surface area contributed by atoms with Crippen molar-refractivity contribution in [1.29, 1.82) is 0 Å². The van der Waals surface area contributed by atoms with Crippen molar-refractivity contribution in [1.82, 2.24) is 9.78 Å². The van der Waals surface area contributed by atoms with Gasteiger partial charge in [-0.05, 0) is 42.3 Å². The number of carbonyl (C=O) groups excluding carboxylic acids is 2. The van der Waals surface area contributed by atoms with Crippen LogP contribution in [0.2, 0.25) is 0 Å². The van der Waals surface area contributed by atoms with Crippen molar-refractivity contribution in [2.45, 2.75) is 13.5 Å². The van der Waals surface area contributed by atoms with Crippen LogP contribution in [0, 0.1) is 6.92 Å². The predicted molar refractivity (Wildman–Crippen MR) is 121 cm³/mol. The molecule has 3 rings (SSSR count). The molecule has 1 amide bonds. The summed E-state index contributed by atoms with van der Waals surface area (Å²) in [4.78, 5) is 24.2. The van der Waals surface area contributed by atoms with Gasteiger partial charge in [0, 0.05) is 24.9 Å². The molecule has 0 atom stereocenters. The Kier molecular flexibility index (Phi) is 7.28. The second kappa shape index (κ2) is 10.3. The highest BCUT2D eigenvalue weighted by Crippen LogP contribution is 2.24. The molecule has 0 radical (unpaired) electrons. The Labute approximate surface area is 186 Å². The van der Waals surface area contributed by atoms with Gasteiger partial charge in [0.25, 0.3) is 0 Å². The van der Waals surface area contributed by atoms with Crippen molar-refractivity contribution in [2.75, 3.05) is 19.5 Å². The lowest BCUT2D eigenvalue weighted by atomic mass is 10.1. The number of rotatable bonds is 8. The molecule has 2 aromatic carbocycles. The molecule has 32 heavy (non-hydrogen) atoms. The van der Waals surface area contributed by atoms with E-state index >= 15 is 0 Å². The van der Waals surface area contributed by atoms with E-state index in [0.717, 1.165) is 22.4 Å². The molecule has 1 N–H and O–H groups in total. The van der Waals surface area contributed by atoms with Crippen molar-refractivity contribution in [3.63, 3.8) is 0 Å². The summed E-state index contributed by atoms with van der Waals surface area (Å²) in [5.74, 6) is 0.459. The number of esters is 1. The van der Waals surface area contributed by atoms with Gasteiger partial charge in [0.1, 0.15) is 18.1 Å². The van der Waals surface area contributed by atoms with Crippen LogP contribution in [-0.4, -0.2) is 35.9 Å². The standard InChI is InChI=1S/C24H25N3O5/c1-16-7-5-6-8-20(16)32-15-18-13-17(9-11-21(18)30-3)10-12-22(28)25-19-14-27(2)26-23(19)24(29)31-4/h5-14H,15H2,1-4H3,(H,25,28)/b12-10+. The first-order chi connectivity index (χ1) is 15.4.